The summed E-state index contributed by atoms with van der Waals surface area (Å²) in [5.74, 6) is 0. The smallest absolute Gasteiger partial charge is 0.137 e. The van der Waals surface area contributed by atoms with E-state index in [9.17, 15) is 0 Å². The van der Waals surface area contributed by atoms with Crippen molar-refractivity contribution in [3.63, 3.8) is 0 Å². The number of anilines is 3. The molecule has 0 aliphatic rings. The van der Waals surface area contributed by atoms with E-state index in [4.69, 9.17) is 4.42 Å². The van der Waals surface area contributed by atoms with Crippen LogP contribution in [0, 0.1) is 0 Å². The van der Waals surface area contributed by atoms with Gasteiger partial charge in [-0.05, 0) is 81.2 Å². The molecule has 11 rings (SSSR count). The van der Waals surface area contributed by atoms with Crippen molar-refractivity contribution in [2.75, 3.05) is 4.90 Å². The third kappa shape index (κ3) is 5.24. The maximum absolute atomic E-state index is 6.74. The van der Waals surface area contributed by atoms with E-state index in [1.54, 1.807) is 0 Å². The molecule has 0 fully saturated rings. The maximum atomic E-state index is 6.74. The third-order valence-electron chi connectivity index (χ3n) is 10.9. The van der Waals surface area contributed by atoms with Crippen LogP contribution in [-0.2, 0) is 0 Å². The molecule has 2 heterocycles. The monoisotopic (exact) mass is 719 g/mol. The molecule has 0 bridgehead atoms. The quantitative estimate of drug-likeness (QED) is 0.170. The van der Waals surface area contributed by atoms with Gasteiger partial charge in [0.25, 0.3) is 0 Å². The Morgan fingerprint density at radius 3 is 1.67 bits per heavy atom. The number of hydrogen-bond donors (Lipinski definition) is 0. The minimum absolute atomic E-state index is 0.861. The molecule has 0 saturated carbocycles. The highest BCUT2D eigenvalue weighted by molar-refractivity contribution is 7.26. The van der Waals surface area contributed by atoms with Crippen LogP contribution < -0.4 is 4.90 Å². The Morgan fingerprint density at radius 1 is 0.364 bits per heavy atom. The van der Waals surface area contributed by atoms with Crippen LogP contribution in [0.15, 0.2) is 205 Å². The highest BCUT2D eigenvalue weighted by Gasteiger charge is 2.24. The topological polar surface area (TPSA) is 16.4 Å². The van der Waals surface area contributed by atoms with Crippen molar-refractivity contribution in [3.8, 4) is 33.4 Å². The number of thiophene rings is 1. The Labute approximate surface area is 322 Å². The summed E-state index contributed by atoms with van der Waals surface area (Å²) in [6.45, 7) is 0. The van der Waals surface area contributed by atoms with Crippen molar-refractivity contribution in [1.82, 2.24) is 0 Å². The summed E-state index contributed by atoms with van der Waals surface area (Å²) in [5.41, 5.74) is 12.2. The molecular weight excluding hydrogens is 687 g/mol. The number of benzene rings is 9. The van der Waals surface area contributed by atoms with Crippen LogP contribution in [0.25, 0.3) is 86.3 Å². The molecule has 9 aromatic carbocycles. The molecule has 0 spiro atoms. The fraction of sp³-hybridized carbons (Fsp3) is 0. The molecule has 0 saturated heterocycles. The lowest BCUT2D eigenvalue weighted by molar-refractivity contribution is 0.669. The molecule has 3 heteroatoms. The minimum atomic E-state index is 0.861. The Balaban J connectivity index is 1.19. The van der Waals surface area contributed by atoms with Crippen LogP contribution in [0.3, 0.4) is 0 Å². The van der Waals surface area contributed by atoms with Crippen molar-refractivity contribution >= 4 is 81.3 Å². The third-order valence-corrected chi connectivity index (χ3v) is 12.1. The first kappa shape index (κ1) is 31.6. The predicted octanol–water partition coefficient (Wildman–Crippen LogP) is 15.6. The van der Waals surface area contributed by atoms with E-state index in [0.29, 0.717) is 0 Å². The zero-order valence-corrected chi connectivity index (χ0v) is 30.6. The van der Waals surface area contributed by atoms with Crippen LogP contribution in [0.2, 0.25) is 0 Å². The van der Waals surface area contributed by atoms with E-state index in [1.807, 2.05) is 11.3 Å². The van der Waals surface area contributed by atoms with E-state index in [-0.39, 0.29) is 0 Å². The number of fused-ring (bicyclic) bond motifs is 7. The molecule has 0 radical (unpaired) electrons. The Morgan fingerprint density at radius 2 is 0.927 bits per heavy atom. The summed E-state index contributed by atoms with van der Waals surface area (Å²) in [4.78, 5) is 2.45. The Hall–Kier alpha value is -6.94. The van der Waals surface area contributed by atoms with Gasteiger partial charge in [0.05, 0.1) is 11.4 Å². The van der Waals surface area contributed by atoms with Gasteiger partial charge >= 0.3 is 0 Å². The summed E-state index contributed by atoms with van der Waals surface area (Å²) in [6.07, 6.45) is 0. The second-order valence-corrected chi connectivity index (χ2v) is 15.1. The van der Waals surface area contributed by atoms with Crippen LogP contribution in [0.5, 0.6) is 0 Å². The number of rotatable bonds is 6. The molecule has 2 nitrogen and oxygen atoms in total. The van der Waals surface area contributed by atoms with Gasteiger partial charge in [-0.25, -0.2) is 0 Å². The van der Waals surface area contributed by atoms with Crippen molar-refractivity contribution < 1.29 is 4.42 Å². The maximum Gasteiger partial charge on any atom is 0.137 e. The summed E-state index contributed by atoms with van der Waals surface area (Å²) >= 11 is 1.87. The van der Waals surface area contributed by atoms with E-state index < -0.39 is 0 Å². The minimum Gasteiger partial charge on any atom is -0.456 e. The second kappa shape index (κ2) is 12.9. The molecule has 0 unspecified atom stereocenters. The SMILES string of the molecule is c1ccc(-c2ccc3c(c2)oc2cc(N(c4ccc(-c5ccccc5)c5ccccc45)c4ccc(-c5ccccc5)c5sc6ccccc6c45)ccc23)cc1. The van der Waals surface area contributed by atoms with Gasteiger partial charge in [0.15, 0.2) is 0 Å². The lowest BCUT2D eigenvalue weighted by Gasteiger charge is -2.29. The molecule has 55 heavy (non-hydrogen) atoms. The van der Waals surface area contributed by atoms with Gasteiger partial charge in [0.2, 0.25) is 0 Å². The molecule has 0 N–H and O–H groups in total. The first-order chi connectivity index (χ1) is 27.3. The standard InChI is InChI=1S/C52H33NOS/c1-4-14-34(15-5-1)37-24-26-43-44-27-25-38(33-49(44)54-48(43)32-37)53(46-30-28-39(35-16-6-2-7-17-35)41-20-10-11-21-42(41)46)47-31-29-40(36-18-8-3-9-19-36)52-51(47)45-22-12-13-23-50(45)55-52/h1-33H. The normalized spacial score (nSPS) is 11.6. The van der Waals surface area contributed by atoms with Gasteiger partial charge in [-0.3, -0.25) is 0 Å². The van der Waals surface area contributed by atoms with Crippen molar-refractivity contribution in [2.24, 2.45) is 0 Å². The van der Waals surface area contributed by atoms with Crippen LogP contribution in [-0.4, -0.2) is 0 Å². The van der Waals surface area contributed by atoms with Gasteiger partial charge in [-0.1, -0.05) is 152 Å². The van der Waals surface area contributed by atoms with Gasteiger partial charge in [0, 0.05) is 48.1 Å². The Kier molecular flexibility index (Phi) is 7.39. The average Bonchev–Trinajstić information content (AvgIpc) is 3.83. The fourth-order valence-corrected chi connectivity index (χ4v) is 9.57. The second-order valence-electron chi connectivity index (χ2n) is 14.0. The zero-order valence-electron chi connectivity index (χ0n) is 29.8. The van der Waals surface area contributed by atoms with E-state index in [1.165, 1.54) is 58.8 Å². The highest BCUT2D eigenvalue weighted by Crippen LogP contribution is 2.50. The summed E-state index contributed by atoms with van der Waals surface area (Å²) in [5, 5.41) is 7.11. The molecule has 2 aromatic heterocycles. The number of hydrogen-bond acceptors (Lipinski definition) is 3. The van der Waals surface area contributed by atoms with Crippen LogP contribution in [0.4, 0.5) is 17.1 Å². The van der Waals surface area contributed by atoms with Gasteiger partial charge < -0.3 is 9.32 Å². The average molecular weight is 720 g/mol. The molecule has 11 aromatic rings. The number of furan rings is 1. The largest absolute Gasteiger partial charge is 0.456 e. The van der Waals surface area contributed by atoms with Crippen LogP contribution >= 0.6 is 11.3 Å². The summed E-state index contributed by atoms with van der Waals surface area (Å²) in [7, 11) is 0. The lowest BCUT2D eigenvalue weighted by Crippen LogP contribution is -2.11. The Bertz CT molecular complexity index is 3200. The van der Waals surface area contributed by atoms with Gasteiger partial charge in [-0.15, -0.1) is 11.3 Å². The van der Waals surface area contributed by atoms with Crippen molar-refractivity contribution in [3.05, 3.63) is 200 Å². The van der Waals surface area contributed by atoms with Gasteiger partial charge in [0.1, 0.15) is 11.2 Å². The first-order valence-corrected chi connectivity index (χ1v) is 19.5. The zero-order chi connectivity index (χ0) is 36.3. The highest BCUT2D eigenvalue weighted by atomic mass is 32.1. The lowest BCUT2D eigenvalue weighted by atomic mass is 9.95. The molecule has 258 valence electrons. The predicted molar refractivity (Wildman–Crippen MR) is 235 cm³/mol. The summed E-state index contributed by atoms with van der Waals surface area (Å²) in [6, 6.07) is 72.1. The molecular formula is C52H33NOS. The van der Waals surface area contributed by atoms with Crippen LogP contribution in [0.1, 0.15) is 0 Å². The van der Waals surface area contributed by atoms with E-state index in [2.05, 4.69) is 205 Å². The van der Waals surface area contributed by atoms with Crippen molar-refractivity contribution in [2.45, 2.75) is 0 Å². The molecule has 0 atom stereocenters. The van der Waals surface area contributed by atoms with E-state index in [0.717, 1.165) is 44.6 Å². The molecule has 0 aliphatic carbocycles. The van der Waals surface area contributed by atoms with Crippen molar-refractivity contribution in [1.29, 1.82) is 0 Å². The van der Waals surface area contributed by atoms with E-state index >= 15 is 0 Å². The molecule has 0 amide bonds. The summed E-state index contributed by atoms with van der Waals surface area (Å²) < 4.78 is 9.28. The molecule has 0 aliphatic heterocycles. The number of nitrogens with zero attached hydrogens (tertiary/aromatic N) is 1. The first-order valence-electron chi connectivity index (χ1n) is 18.7. The van der Waals surface area contributed by atoms with Gasteiger partial charge in [-0.2, -0.15) is 0 Å². The fourth-order valence-electron chi connectivity index (χ4n) is 8.31.